The standard InChI is InChI=1S/C18H27NO2/c1-3-9-16-10-8-11-17(20-2)18(16)21-15-7-6-14-19-12-4-5-13-19/h3,8,10-11H,1,4-7,9,12-15H2,2H3. The van der Waals surface area contributed by atoms with E-state index in [1.165, 1.54) is 38.9 Å². The molecule has 1 aromatic rings. The molecule has 0 aromatic heterocycles. The highest BCUT2D eigenvalue weighted by atomic mass is 16.5. The van der Waals surface area contributed by atoms with Crippen LogP contribution in [0.3, 0.4) is 0 Å². The van der Waals surface area contributed by atoms with Crippen LogP contribution < -0.4 is 9.47 Å². The lowest BCUT2D eigenvalue weighted by atomic mass is 10.1. The highest BCUT2D eigenvalue weighted by Crippen LogP contribution is 2.31. The Morgan fingerprint density at radius 1 is 1.24 bits per heavy atom. The smallest absolute Gasteiger partial charge is 0.164 e. The number of nitrogens with zero attached hydrogens (tertiary/aromatic N) is 1. The van der Waals surface area contributed by atoms with Gasteiger partial charge in [-0.05, 0) is 57.8 Å². The lowest BCUT2D eigenvalue weighted by Crippen LogP contribution is -2.20. The van der Waals surface area contributed by atoms with Gasteiger partial charge in [0.2, 0.25) is 0 Å². The summed E-state index contributed by atoms with van der Waals surface area (Å²) in [5, 5.41) is 0. The molecule has 116 valence electrons. The van der Waals surface area contributed by atoms with E-state index in [2.05, 4.69) is 17.5 Å². The Hall–Kier alpha value is -1.48. The van der Waals surface area contributed by atoms with E-state index in [-0.39, 0.29) is 0 Å². The van der Waals surface area contributed by atoms with Crippen molar-refractivity contribution < 1.29 is 9.47 Å². The number of hydrogen-bond acceptors (Lipinski definition) is 3. The van der Waals surface area contributed by atoms with Crippen molar-refractivity contribution in [2.45, 2.75) is 32.1 Å². The van der Waals surface area contributed by atoms with E-state index in [4.69, 9.17) is 9.47 Å². The van der Waals surface area contributed by atoms with Crippen LogP contribution in [-0.2, 0) is 6.42 Å². The number of rotatable bonds is 9. The van der Waals surface area contributed by atoms with Gasteiger partial charge in [-0.3, -0.25) is 0 Å². The predicted molar refractivity (Wildman–Crippen MR) is 87.3 cm³/mol. The maximum atomic E-state index is 5.99. The summed E-state index contributed by atoms with van der Waals surface area (Å²) in [6.07, 6.45) is 7.72. The molecule has 0 radical (unpaired) electrons. The SMILES string of the molecule is C=CCc1cccc(OC)c1OCCCCN1CCCC1. The van der Waals surface area contributed by atoms with E-state index in [0.717, 1.165) is 36.5 Å². The van der Waals surface area contributed by atoms with Crippen LogP contribution in [0.2, 0.25) is 0 Å². The van der Waals surface area contributed by atoms with Crippen molar-refractivity contribution in [3.8, 4) is 11.5 Å². The van der Waals surface area contributed by atoms with Gasteiger partial charge in [-0.1, -0.05) is 18.2 Å². The van der Waals surface area contributed by atoms with Gasteiger partial charge < -0.3 is 14.4 Å². The molecule has 0 atom stereocenters. The first kappa shape index (κ1) is 15.9. The van der Waals surface area contributed by atoms with Gasteiger partial charge in [0, 0.05) is 5.56 Å². The lowest BCUT2D eigenvalue weighted by Gasteiger charge is -2.16. The maximum absolute atomic E-state index is 5.99. The third kappa shape index (κ3) is 4.78. The molecule has 1 fully saturated rings. The predicted octanol–water partition coefficient (Wildman–Crippen LogP) is 3.68. The molecule has 1 aromatic carbocycles. The molecule has 0 unspecified atom stereocenters. The fraction of sp³-hybridized carbons (Fsp3) is 0.556. The van der Waals surface area contributed by atoms with Crippen LogP contribution in [0.4, 0.5) is 0 Å². The quantitative estimate of drug-likeness (QED) is 0.511. The summed E-state index contributed by atoms with van der Waals surface area (Å²) in [4.78, 5) is 2.55. The second-order valence-corrected chi connectivity index (χ2v) is 5.55. The van der Waals surface area contributed by atoms with E-state index < -0.39 is 0 Å². The van der Waals surface area contributed by atoms with Crippen LogP contribution in [0, 0.1) is 0 Å². The van der Waals surface area contributed by atoms with Crippen LogP contribution in [0.25, 0.3) is 0 Å². The highest BCUT2D eigenvalue weighted by Gasteiger charge is 2.11. The van der Waals surface area contributed by atoms with Crippen LogP contribution >= 0.6 is 0 Å². The number of likely N-dealkylation sites (tertiary alicyclic amines) is 1. The number of hydrogen-bond donors (Lipinski definition) is 0. The third-order valence-corrected chi connectivity index (χ3v) is 3.96. The van der Waals surface area contributed by atoms with Crippen molar-refractivity contribution in [2.24, 2.45) is 0 Å². The molecule has 1 heterocycles. The van der Waals surface area contributed by atoms with Gasteiger partial charge in [-0.25, -0.2) is 0 Å². The largest absolute Gasteiger partial charge is 0.493 e. The minimum absolute atomic E-state index is 0.748. The summed E-state index contributed by atoms with van der Waals surface area (Å²) < 4.78 is 11.4. The monoisotopic (exact) mass is 289 g/mol. The van der Waals surface area contributed by atoms with Gasteiger partial charge in [0.1, 0.15) is 0 Å². The second kappa shape index (κ2) is 8.73. The Labute approximate surface area is 128 Å². The van der Waals surface area contributed by atoms with Crippen molar-refractivity contribution in [1.29, 1.82) is 0 Å². The highest BCUT2D eigenvalue weighted by molar-refractivity contribution is 5.47. The normalized spacial score (nSPS) is 15.1. The molecular formula is C18H27NO2. The minimum atomic E-state index is 0.748. The molecule has 0 N–H and O–H groups in total. The number of allylic oxidation sites excluding steroid dienone is 1. The van der Waals surface area contributed by atoms with E-state index in [1.54, 1.807) is 7.11 Å². The molecule has 3 nitrogen and oxygen atoms in total. The van der Waals surface area contributed by atoms with Crippen LogP contribution in [0.5, 0.6) is 11.5 Å². The molecular weight excluding hydrogens is 262 g/mol. The minimum Gasteiger partial charge on any atom is -0.493 e. The number of ether oxygens (including phenoxy) is 2. The Kier molecular flexibility index (Phi) is 6.61. The van der Waals surface area contributed by atoms with Gasteiger partial charge in [0.15, 0.2) is 11.5 Å². The van der Waals surface area contributed by atoms with Gasteiger partial charge >= 0.3 is 0 Å². The first-order valence-electron chi connectivity index (χ1n) is 7.97. The molecule has 0 spiro atoms. The Morgan fingerprint density at radius 3 is 2.76 bits per heavy atom. The van der Waals surface area contributed by atoms with Gasteiger partial charge in [-0.15, -0.1) is 6.58 Å². The molecule has 3 heteroatoms. The van der Waals surface area contributed by atoms with E-state index in [1.807, 2.05) is 18.2 Å². The third-order valence-electron chi connectivity index (χ3n) is 3.96. The average Bonchev–Trinajstić information content (AvgIpc) is 3.01. The Balaban J connectivity index is 1.79. The fourth-order valence-electron chi connectivity index (χ4n) is 2.82. The molecule has 1 aliphatic heterocycles. The number of unbranched alkanes of at least 4 members (excludes halogenated alkanes) is 1. The molecule has 1 saturated heterocycles. The molecule has 0 saturated carbocycles. The van der Waals surface area contributed by atoms with Gasteiger partial charge in [0.25, 0.3) is 0 Å². The van der Waals surface area contributed by atoms with Crippen molar-refractivity contribution in [1.82, 2.24) is 4.90 Å². The summed E-state index contributed by atoms with van der Waals surface area (Å²) in [7, 11) is 1.69. The molecule has 0 amide bonds. The summed E-state index contributed by atoms with van der Waals surface area (Å²) in [5.74, 6) is 1.69. The van der Waals surface area contributed by atoms with E-state index in [9.17, 15) is 0 Å². The first-order chi connectivity index (χ1) is 10.3. The molecule has 0 aliphatic carbocycles. The summed E-state index contributed by atoms with van der Waals surface area (Å²) in [6, 6.07) is 6.02. The second-order valence-electron chi connectivity index (χ2n) is 5.55. The molecule has 1 aliphatic rings. The van der Waals surface area contributed by atoms with Crippen LogP contribution in [0.1, 0.15) is 31.2 Å². The Morgan fingerprint density at radius 2 is 2.05 bits per heavy atom. The summed E-state index contributed by atoms with van der Waals surface area (Å²) in [6.45, 7) is 8.31. The van der Waals surface area contributed by atoms with E-state index >= 15 is 0 Å². The number of para-hydroxylation sites is 1. The zero-order valence-electron chi connectivity index (χ0n) is 13.1. The average molecular weight is 289 g/mol. The van der Waals surface area contributed by atoms with Crippen molar-refractivity contribution in [2.75, 3.05) is 33.4 Å². The van der Waals surface area contributed by atoms with Crippen molar-refractivity contribution >= 4 is 0 Å². The van der Waals surface area contributed by atoms with Crippen LogP contribution in [-0.4, -0.2) is 38.3 Å². The zero-order valence-corrected chi connectivity index (χ0v) is 13.1. The number of methoxy groups -OCH3 is 1. The molecule has 0 bridgehead atoms. The molecule has 2 rings (SSSR count). The Bertz CT molecular complexity index is 439. The lowest BCUT2D eigenvalue weighted by molar-refractivity contribution is 0.267. The number of benzene rings is 1. The topological polar surface area (TPSA) is 21.7 Å². The van der Waals surface area contributed by atoms with Gasteiger partial charge in [0.05, 0.1) is 13.7 Å². The zero-order chi connectivity index (χ0) is 14.9. The maximum Gasteiger partial charge on any atom is 0.164 e. The fourth-order valence-corrected chi connectivity index (χ4v) is 2.82. The first-order valence-corrected chi connectivity index (χ1v) is 7.97. The summed E-state index contributed by atoms with van der Waals surface area (Å²) >= 11 is 0. The van der Waals surface area contributed by atoms with Crippen molar-refractivity contribution in [3.63, 3.8) is 0 Å². The molecule has 21 heavy (non-hydrogen) atoms. The summed E-state index contributed by atoms with van der Waals surface area (Å²) in [5.41, 5.74) is 1.14. The van der Waals surface area contributed by atoms with E-state index in [0.29, 0.717) is 0 Å². The van der Waals surface area contributed by atoms with Crippen LogP contribution in [0.15, 0.2) is 30.9 Å². The van der Waals surface area contributed by atoms with Gasteiger partial charge in [-0.2, -0.15) is 0 Å². The van der Waals surface area contributed by atoms with Crippen molar-refractivity contribution in [3.05, 3.63) is 36.4 Å².